The summed E-state index contributed by atoms with van der Waals surface area (Å²) in [5.41, 5.74) is 5.94. The van der Waals surface area contributed by atoms with E-state index in [1.165, 1.54) is 19.2 Å². The largest absolute Gasteiger partial charge is 0.496 e. The Balaban J connectivity index is 2.11. The summed E-state index contributed by atoms with van der Waals surface area (Å²) in [4.78, 5) is 14.5. The van der Waals surface area contributed by atoms with Crippen LogP contribution in [0.1, 0.15) is 16.7 Å². The quantitative estimate of drug-likeness (QED) is 0.540. The number of rotatable bonds is 5. The number of nitriles is 2. The number of methoxy groups -OCH3 is 1. The Labute approximate surface area is 192 Å². The highest BCUT2D eigenvalue weighted by Gasteiger charge is 2.20. The van der Waals surface area contributed by atoms with E-state index in [1.807, 2.05) is 12.1 Å². The van der Waals surface area contributed by atoms with Crippen molar-refractivity contribution in [2.75, 3.05) is 12.8 Å². The molecule has 0 saturated carbocycles. The molecule has 0 fully saturated rings. The first-order valence-electron chi connectivity index (χ1n) is 8.61. The topological polar surface area (TPSA) is 125 Å². The zero-order chi connectivity index (χ0) is 22.7. The number of aromatic amines is 1. The smallest absolute Gasteiger partial charge is 0.268 e. The van der Waals surface area contributed by atoms with E-state index in [9.17, 15) is 15.3 Å². The van der Waals surface area contributed by atoms with Crippen LogP contribution < -0.4 is 20.8 Å². The van der Waals surface area contributed by atoms with Gasteiger partial charge in [-0.15, -0.1) is 0 Å². The first-order valence-corrected chi connectivity index (χ1v) is 9.74. The van der Waals surface area contributed by atoms with Crippen LogP contribution in [0, 0.1) is 22.7 Å². The van der Waals surface area contributed by atoms with Crippen LogP contribution in [0.15, 0.2) is 35.1 Å². The second-order valence-corrected chi connectivity index (χ2v) is 7.48. The summed E-state index contributed by atoms with van der Waals surface area (Å²) in [6.07, 6.45) is 0. The highest BCUT2D eigenvalue weighted by Crippen LogP contribution is 2.37. The number of hydrogen-bond acceptors (Lipinski definition) is 6. The number of nitrogens with two attached hydrogens (primary N) is 1. The lowest BCUT2D eigenvalue weighted by Crippen LogP contribution is -2.16. The maximum atomic E-state index is 12.2. The monoisotopic (exact) mass is 474 g/mol. The molecule has 1 aromatic heterocycles. The lowest BCUT2D eigenvalue weighted by molar-refractivity contribution is 0.297. The van der Waals surface area contributed by atoms with Gasteiger partial charge in [-0.2, -0.15) is 10.5 Å². The average Bonchev–Trinajstić information content (AvgIpc) is 2.72. The van der Waals surface area contributed by atoms with Crippen LogP contribution in [0.3, 0.4) is 0 Å². The molecule has 0 spiro atoms. The molecule has 2 aromatic carbocycles. The van der Waals surface area contributed by atoms with E-state index in [2.05, 4.69) is 4.98 Å². The van der Waals surface area contributed by atoms with Crippen molar-refractivity contribution < 1.29 is 9.47 Å². The molecule has 156 valence electrons. The molecule has 0 aliphatic carbocycles. The van der Waals surface area contributed by atoms with E-state index in [1.54, 1.807) is 18.2 Å². The minimum absolute atomic E-state index is 0.0134. The Morgan fingerprint density at radius 1 is 1.06 bits per heavy atom. The fourth-order valence-electron chi connectivity index (χ4n) is 3.00. The van der Waals surface area contributed by atoms with Crippen LogP contribution in [0.5, 0.6) is 11.5 Å². The van der Waals surface area contributed by atoms with Crippen molar-refractivity contribution >= 4 is 40.6 Å². The van der Waals surface area contributed by atoms with E-state index >= 15 is 0 Å². The molecule has 7 nitrogen and oxygen atoms in total. The fraction of sp³-hybridized carbons (Fsp3) is 0.0952. The third-order valence-electron chi connectivity index (χ3n) is 4.37. The first kappa shape index (κ1) is 22.3. The van der Waals surface area contributed by atoms with Gasteiger partial charge >= 0.3 is 0 Å². The van der Waals surface area contributed by atoms with Gasteiger partial charge in [0.25, 0.3) is 5.56 Å². The molecule has 0 bridgehead atoms. The lowest BCUT2D eigenvalue weighted by Gasteiger charge is -2.15. The maximum absolute atomic E-state index is 12.2. The standard InChI is InChI=1S/C21H13Cl3N4O3/c1-30-17-3-2-10(18-13(7-25)20(27)28-21(29)14(18)8-26)4-11(17)9-31-19-15(23)5-12(22)6-16(19)24/h2-6H,9H2,1H3,(H3,27,28,29). The summed E-state index contributed by atoms with van der Waals surface area (Å²) in [6, 6.07) is 11.6. The molecule has 3 aromatic rings. The molecule has 0 amide bonds. The molecule has 3 rings (SSSR count). The van der Waals surface area contributed by atoms with Crippen molar-refractivity contribution in [2.45, 2.75) is 6.61 Å². The molecule has 0 aliphatic rings. The van der Waals surface area contributed by atoms with Gasteiger partial charge < -0.3 is 20.2 Å². The predicted molar refractivity (Wildman–Crippen MR) is 119 cm³/mol. The van der Waals surface area contributed by atoms with Crippen LogP contribution in [-0.4, -0.2) is 12.1 Å². The van der Waals surface area contributed by atoms with Gasteiger partial charge in [-0.1, -0.05) is 40.9 Å². The first-order chi connectivity index (χ1) is 14.8. The fourth-order valence-corrected chi connectivity index (χ4v) is 3.92. The number of pyridine rings is 1. The number of nitrogen functional groups attached to an aromatic ring is 1. The second-order valence-electron chi connectivity index (χ2n) is 6.23. The predicted octanol–water partition coefficient (Wildman–Crippen LogP) is 4.92. The van der Waals surface area contributed by atoms with Gasteiger partial charge in [-0.05, 0) is 29.8 Å². The minimum atomic E-state index is -0.692. The number of hydrogen-bond donors (Lipinski definition) is 2. The second kappa shape index (κ2) is 9.20. The van der Waals surface area contributed by atoms with Crippen LogP contribution in [0.2, 0.25) is 15.1 Å². The van der Waals surface area contributed by atoms with Crippen molar-refractivity contribution in [3.05, 3.63) is 72.4 Å². The van der Waals surface area contributed by atoms with Gasteiger partial charge in [0.1, 0.15) is 41.4 Å². The highest BCUT2D eigenvalue weighted by atomic mass is 35.5. The molecule has 31 heavy (non-hydrogen) atoms. The van der Waals surface area contributed by atoms with Crippen molar-refractivity contribution in [3.63, 3.8) is 0 Å². The summed E-state index contributed by atoms with van der Waals surface area (Å²) < 4.78 is 11.2. The third-order valence-corrected chi connectivity index (χ3v) is 5.15. The van der Waals surface area contributed by atoms with Crippen molar-refractivity contribution in [3.8, 4) is 34.8 Å². The van der Waals surface area contributed by atoms with Crippen molar-refractivity contribution in [2.24, 2.45) is 0 Å². The van der Waals surface area contributed by atoms with Crippen LogP contribution in [-0.2, 0) is 6.61 Å². The van der Waals surface area contributed by atoms with Gasteiger partial charge in [0.2, 0.25) is 0 Å². The summed E-state index contributed by atoms with van der Waals surface area (Å²) >= 11 is 18.3. The molecule has 10 heteroatoms. The highest BCUT2D eigenvalue weighted by molar-refractivity contribution is 6.40. The molecule has 1 heterocycles. The van der Waals surface area contributed by atoms with E-state index in [0.29, 0.717) is 21.9 Å². The van der Waals surface area contributed by atoms with Crippen molar-refractivity contribution in [1.82, 2.24) is 4.98 Å². The number of anilines is 1. The van der Waals surface area contributed by atoms with Gasteiger partial charge in [0, 0.05) is 16.1 Å². The van der Waals surface area contributed by atoms with E-state index < -0.39 is 5.56 Å². The van der Waals surface area contributed by atoms with Crippen LogP contribution >= 0.6 is 34.8 Å². The van der Waals surface area contributed by atoms with Crippen LogP contribution in [0.25, 0.3) is 11.1 Å². The molecule has 0 aliphatic heterocycles. The Bertz CT molecular complexity index is 1300. The lowest BCUT2D eigenvalue weighted by atomic mass is 9.95. The van der Waals surface area contributed by atoms with Crippen LogP contribution in [0.4, 0.5) is 5.82 Å². The van der Waals surface area contributed by atoms with E-state index in [0.717, 1.165) is 0 Å². The van der Waals surface area contributed by atoms with E-state index in [-0.39, 0.29) is 44.9 Å². The summed E-state index contributed by atoms with van der Waals surface area (Å²) in [5, 5.41) is 19.8. The normalized spacial score (nSPS) is 10.3. The zero-order valence-electron chi connectivity index (χ0n) is 15.9. The molecule has 0 saturated heterocycles. The molecule has 0 radical (unpaired) electrons. The number of halogens is 3. The Kier molecular flexibility index (Phi) is 6.62. The molecule has 0 unspecified atom stereocenters. The number of nitrogens with zero attached hydrogens (tertiary/aromatic N) is 2. The van der Waals surface area contributed by atoms with E-state index in [4.69, 9.17) is 50.0 Å². The minimum Gasteiger partial charge on any atom is -0.496 e. The Morgan fingerprint density at radius 3 is 2.29 bits per heavy atom. The summed E-state index contributed by atoms with van der Waals surface area (Å²) in [7, 11) is 1.48. The number of benzene rings is 2. The number of nitrogens with one attached hydrogen (secondary N) is 1. The van der Waals surface area contributed by atoms with Gasteiger partial charge in [-0.3, -0.25) is 4.79 Å². The number of H-pyrrole nitrogens is 1. The number of ether oxygens (including phenoxy) is 2. The maximum Gasteiger partial charge on any atom is 0.268 e. The zero-order valence-corrected chi connectivity index (χ0v) is 18.2. The summed E-state index contributed by atoms with van der Waals surface area (Å²) in [6.45, 7) is -0.0134. The van der Waals surface area contributed by atoms with Gasteiger partial charge in [-0.25, -0.2) is 0 Å². The molecule has 3 N–H and O–H groups in total. The molecule has 0 atom stereocenters. The van der Waals surface area contributed by atoms with Crippen molar-refractivity contribution in [1.29, 1.82) is 10.5 Å². The molecular formula is C21H13Cl3N4O3. The Hall–Kier alpha value is -3.36. The average molecular weight is 476 g/mol. The number of aromatic nitrogens is 1. The summed E-state index contributed by atoms with van der Waals surface area (Å²) in [5.74, 6) is 0.575. The SMILES string of the molecule is COc1ccc(-c2c(C#N)c(N)[nH]c(=O)c2C#N)cc1COc1c(Cl)cc(Cl)cc1Cl. The third kappa shape index (κ3) is 4.40. The Morgan fingerprint density at radius 2 is 1.71 bits per heavy atom. The van der Waals surface area contributed by atoms with Gasteiger partial charge in [0.05, 0.1) is 17.2 Å². The molecular weight excluding hydrogens is 463 g/mol. The van der Waals surface area contributed by atoms with Gasteiger partial charge in [0.15, 0.2) is 5.75 Å².